The van der Waals surface area contributed by atoms with E-state index >= 15 is 0 Å². The van der Waals surface area contributed by atoms with Crippen molar-refractivity contribution in [3.63, 3.8) is 0 Å². The van der Waals surface area contributed by atoms with Gasteiger partial charge in [-0.3, -0.25) is 4.79 Å². The molecule has 1 heterocycles. The molecule has 94 valence electrons. The van der Waals surface area contributed by atoms with Gasteiger partial charge in [0.2, 0.25) is 0 Å². The van der Waals surface area contributed by atoms with Crippen molar-refractivity contribution in [2.75, 3.05) is 11.6 Å². The van der Waals surface area contributed by atoms with E-state index in [0.29, 0.717) is 0 Å². The van der Waals surface area contributed by atoms with Gasteiger partial charge in [0.05, 0.1) is 4.88 Å². The van der Waals surface area contributed by atoms with Gasteiger partial charge in [-0.25, -0.2) is 0 Å². The van der Waals surface area contributed by atoms with Crippen LogP contribution < -0.4 is 5.32 Å². The summed E-state index contributed by atoms with van der Waals surface area (Å²) in [5.74, 6) is -0.0342. The van der Waals surface area contributed by atoms with Crippen molar-refractivity contribution >= 4 is 34.7 Å². The van der Waals surface area contributed by atoms with Crippen LogP contribution in [0.25, 0.3) is 0 Å². The number of hydrogen-bond donors (Lipinski definition) is 1. The van der Waals surface area contributed by atoms with E-state index in [-0.39, 0.29) is 5.91 Å². The minimum atomic E-state index is -0.0342. The molecule has 0 fully saturated rings. The van der Waals surface area contributed by atoms with E-state index in [9.17, 15) is 4.79 Å². The Morgan fingerprint density at radius 1 is 1.22 bits per heavy atom. The van der Waals surface area contributed by atoms with Crippen LogP contribution in [-0.2, 0) is 0 Å². The lowest BCUT2D eigenvalue weighted by molar-refractivity contribution is 0.103. The van der Waals surface area contributed by atoms with Gasteiger partial charge in [0.25, 0.3) is 5.91 Å². The molecule has 18 heavy (non-hydrogen) atoms. The quantitative estimate of drug-likeness (QED) is 0.846. The highest BCUT2D eigenvalue weighted by molar-refractivity contribution is 7.98. The Morgan fingerprint density at radius 2 is 1.89 bits per heavy atom. The monoisotopic (exact) mass is 277 g/mol. The minimum absolute atomic E-state index is 0.0342. The summed E-state index contributed by atoms with van der Waals surface area (Å²) in [4.78, 5) is 15.2. The highest BCUT2D eigenvalue weighted by atomic mass is 32.2. The van der Waals surface area contributed by atoms with Gasteiger partial charge in [0.1, 0.15) is 0 Å². The standard InChI is InChI=1S/C14H15NOS2/c1-9-8-13(18-10(9)2)14(16)15-11-4-6-12(17-3)7-5-11/h4-8H,1-3H3,(H,15,16). The van der Waals surface area contributed by atoms with Crippen molar-refractivity contribution in [3.05, 3.63) is 45.6 Å². The number of aryl methyl sites for hydroxylation is 2. The number of hydrogen-bond acceptors (Lipinski definition) is 3. The number of thiophene rings is 1. The molecular weight excluding hydrogens is 262 g/mol. The van der Waals surface area contributed by atoms with Crippen LogP contribution in [0.2, 0.25) is 0 Å². The number of rotatable bonds is 3. The van der Waals surface area contributed by atoms with Gasteiger partial charge in [-0.05, 0) is 56.0 Å². The molecule has 0 atom stereocenters. The summed E-state index contributed by atoms with van der Waals surface area (Å²) in [7, 11) is 0. The first-order valence-corrected chi connectivity index (χ1v) is 7.66. The van der Waals surface area contributed by atoms with Crippen LogP contribution in [0.5, 0.6) is 0 Å². The van der Waals surface area contributed by atoms with E-state index in [1.807, 2.05) is 50.4 Å². The SMILES string of the molecule is CSc1ccc(NC(=O)c2cc(C)c(C)s2)cc1. The number of carbonyl (C=O) groups is 1. The molecule has 4 heteroatoms. The Balaban J connectivity index is 2.10. The predicted molar refractivity (Wildman–Crippen MR) is 80.0 cm³/mol. The number of carbonyl (C=O) groups excluding carboxylic acids is 1. The molecule has 1 amide bonds. The molecule has 0 unspecified atom stereocenters. The molecule has 0 bridgehead atoms. The van der Waals surface area contributed by atoms with Gasteiger partial charge in [-0.1, -0.05) is 0 Å². The number of thioether (sulfide) groups is 1. The summed E-state index contributed by atoms with van der Waals surface area (Å²) in [5.41, 5.74) is 2.00. The zero-order chi connectivity index (χ0) is 13.1. The van der Waals surface area contributed by atoms with Gasteiger partial charge in [0, 0.05) is 15.5 Å². The summed E-state index contributed by atoms with van der Waals surface area (Å²) >= 11 is 3.22. The van der Waals surface area contributed by atoms with Gasteiger partial charge in [0.15, 0.2) is 0 Å². The zero-order valence-corrected chi connectivity index (χ0v) is 12.2. The molecule has 0 saturated heterocycles. The fourth-order valence-electron chi connectivity index (χ4n) is 1.55. The topological polar surface area (TPSA) is 29.1 Å². The highest BCUT2D eigenvalue weighted by Crippen LogP contribution is 2.22. The molecule has 2 nitrogen and oxygen atoms in total. The first-order chi connectivity index (χ1) is 8.60. The second kappa shape index (κ2) is 5.59. The van der Waals surface area contributed by atoms with Crippen LogP contribution in [0.4, 0.5) is 5.69 Å². The predicted octanol–water partition coefficient (Wildman–Crippen LogP) is 4.34. The molecule has 1 N–H and O–H groups in total. The van der Waals surface area contributed by atoms with Crippen molar-refractivity contribution in [3.8, 4) is 0 Å². The summed E-state index contributed by atoms with van der Waals surface area (Å²) < 4.78 is 0. The molecule has 0 spiro atoms. The van der Waals surface area contributed by atoms with Crippen molar-refractivity contribution in [2.24, 2.45) is 0 Å². The lowest BCUT2D eigenvalue weighted by Crippen LogP contribution is -2.09. The lowest BCUT2D eigenvalue weighted by Gasteiger charge is -2.04. The fraction of sp³-hybridized carbons (Fsp3) is 0.214. The number of benzene rings is 1. The molecule has 0 saturated carbocycles. The maximum Gasteiger partial charge on any atom is 0.265 e. The maximum atomic E-state index is 12.0. The second-order valence-corrected chi connectivity index (χ2v) is 6.17. The Labute approximate surface area is 115 Å². The molecule has 0 aliphatic rings. The third-order valence-electron chi connectivity index (χ3n) is 2.74. The lowest BCUT2D eigenvalue weighted by atomic mass is 10.2. The number of anilines is 1. The van der Waals surface area contributed by atoms with Gasteiger partial charge in [-0.2, -0.15) is 0 Å². The average molecular weight is 277 g/mol. The summed E-state index contributed by atoms with van der Waals surface area (Å²) in [5, 5.41) is 2.91. The van der Waals surface area contributed by atoms with Crippen molar-refractivity contribution in [1.82, 2.24) is 0 Å². The maximum absolute atomic E-state index is 12.0. The van der Waals surface area contributed by atoms with E-state index < -0.39 is 0 Å². The minimum Gasteiger partial charge on any atom is -0.321 e. The third kappa shape index (κ3) is 2.94. The first-order valence-electron chi connectivity index (χ1n) is 5.62. The van der Waals surface area contributed by atoms with Crippen molar-refractivity contribution in [1.29, 1.82) is 0 Å². The van der Waals surface area contributed by atoms with E-state index in [4.69, 9.17) is 0 Å². The molecule has 0 radical (unpaired) electrons. The van der Waals surface area contributed by atoms with Crippen molar-refractivity contribution < 1.29 is 4.79 Å². The number of nitrogens with one attached hydrogen (secondary N) is 1. The average Bonchev–Trinajstić information content (AvgIpc) is 2.71. The van der Waals surface area contributed by atoms with Crippen LogP contribution in [0.3, 0.4) is 0 Å². The van der Waals surface area contributed by atoms with Crippen LogP contribution in [-0.4, -0.2) is 12.2 Å². The number of amides is 1. The van der Waals surface area contributed by atoms with E-state index in [2.05, 4.69) is 5.32 Å². The van der Waals surface area contributed by atoms with Gasteiger partial charge < -0.3 is 5.32 Å². The van der Waals surface area contributed by atoms with Gasteiger partial charge in [-0.15, -0.1) is 23.1 Å². The molecule has 0 aliphatic carbocycles. The molecular formula is C14H15NOS2. The normalized spacial score (nSPS) is 10.4. The Hall–Kier alpha value is -1.26. The Bertz CT molecular complexity index is 538. The van der Waals surface area contributed by atoms with E-state index in [0.717, 1.165) is 10.6 Å². The molecule has 2 aromatic rings. The van der Waals surface area contributed by atoms with Gasteiger partial charge >= 0.3 is 0 Å². The summed E-state index contributed by atoms with van der Waals surface area (Å²) in [6, 6.07) is 9.80. The third-order valence-corrected chi connectivity index (χ3v) is 4.63. The van der Waals surface area contributed by atoms with E-state index in [1.54, 1.807) is 11.8 Å². The molecule has 1 aromatic carbocycles. The van der Waals surface area contributed by atoms with Crippen LogP contribution in [0.1, 0.15) is 20.1 Å². The second-order valence-electron chi connectivity index (χ2n) is 4.03. The summed E-state index contributed by atoms with van der Waals surface area (Å²) in [6.45, 7) is 4.06. The van der Waals surface area contributed by atoms with Crippen LogP contribution in [0, 0.1) is 13.8 Å². The zero-order valence-electron chi connectivity index (χ0n) is 10.6. The molecule has 1 aromatic heterocycles. The smallest absolute Gasteiger partial charge is 0.265 e. The largest absolute Gasteiger partial charge is 0.321 e. The van der Waals surface area contributed by atoms with Crippen LogP contribution in [0.15, 0.2) is 35.2 Å². The molecule has 2 rings (SSSR count). The van der Waals surface area contributed by atoms with E-state index in [1.165, 1.54) is 26.7 Å². The first kappa shape index (κ1) is 13.2. The Morgan fingerprint density at radius 3 is 2.39 bits per heavy atom. The summed E-state index contributed by atoms with van der Waals surface area (Å²) in [6.07, 6.45) is 2.03. The fourth-order valence-corrected chi connectivity index (χ4v) is 2.89. The highest BCUT2D eigenvalue weighted by Gasteiger charge is 2.10. The molecule has 0 aliphatic heterocycles. The Kier molecular flexibility index (Phi) is 4.09. The van der Waals surface area contributed by atoms with Crippen molar-refractivity contribution in [2.45, 2.75) is 18.7 Å². The van der Waals surface area contributed by atoms with Crippen LogP contribution >= 0.6 is 23.1 Å².